The van der Waals surface area contributed by atoms with Crippen molar-refractivity contribution in [3.05, 3.63) is 77.9 Å². The van der Waals surface area contributed by atoms with Crippen LogP contribution in [-0.2, 0) is 16.0 Å². The number of rotatable bonds is 9. The van der Waals surface area contributed by atoms with Crippen LogP contribution in [0.3, 0.4) is 0 Å². The van der Waals surface area contributed by atoms with E-state index in [1.165, 1.54) is 7.11 Å². The minimum Gasteiger partial charge on any atom is -0.497 e. The number of carbonyl (C=O) groups excluding carboxylic acids is 2. The van der Waals surface area contributed by atoms with Crippen molar-refractivity contribution < 1.29 is 28.5 Å². The first-order valence-electron chi connectivity index (χ1n) is 14.3. The summed E-state index contributed by atoms with van der Waals surface area (Å²) in [7, 11) is 4.59. The van der Waals surface area contributed by atoms with Gasteiger partial charge >= 0.3 is 12.1 Å². The van der Waals surface area contributed by atoms with Crippen LogP contribution in [0.1, 0.15) is 55.4 Å². The number of amides is 1. The lowest BCUT2D eigenvalue weighted by atomic mass is 10.1. The molecular weight excluding hydrogens is 562 g/mol. The van der Waals surface area contributed by atoms with Crippen LogP contribution < -0.4 is 20.1 Å². The van der Waals surface area contributed by atoms with Crippen LogP contribution in [0.25, 0.3) is 22.3 Å². The Balaban J connectivity index is 1.50. The van der Waals surface area contributed by atoms with Crippen molar-refractivity contribution in [3.8, 4) is 22.8 Å². The molecule has 44 heavy (non-hydrogen) atoms. The highest BCUT2D eigenvalue weighted by Crippen LogP contribution is 2.36. The number of methoxy groups -OCH3 is 3. The predicted octanol–water partition coefficient (Wildman–Crippen LogP) is 5.88. The highest BCUT2D eigenvalue weighted by Gasteiger charge is 2.27. The molecule has 2 heterocycles. The third kappa shape index (κ3) is 6.61. The molecule has 0 saturated carbocycles. The molecule has 2 N–H and O–H groups in total. The zero-order chi connectivity index (χ0) is 31.4. The molecule has 0 saturated heterocycles. The summed E-state index contributed by atoms with van der Waals surface area (Å²) in [6, 6.07) is 12.7. The second-order valence-electron chi connectivity index (χ2n) is 11.4. The molecule has 1 aliphatic carbocycles. The first-order valence-corrected chi connectivity index (χ1v) is 14.3. The zero-order valence-corrected chi connectivity index (χ0v) is 25.8. The Labute approximate surface area is 256 Å². The molecule has 2 aromatic heterocycles. The first-order chi connectivity index (χ1) is 21.1. The van der Waals surface area contributed by atoms with Crippen LogP contribution in [0.15, 0.2) is 60.9 Å². The molecule has 1 amide bonds. The van der Waals surface area contributed by atoms with Crippen molar-refractivity contribution in [1.82, 2.24) is 19.7 Å². The van der Waals surface area contributed by atoms with Gasteiger partial charge in [0.2, 0.25) is 0 Å². The monoisotopic (exact) mass is 599 g/mol. The van der Waals surface area contributed by atoms with E-state index in [0.29, 0.717) is 48.0 Å². The number of imidazole rings is 1. The van der Waals surface area contributed by atoms with E-state index in [4.69, 9.17) is 23.9 Å². The molecule has 0 fully saturated rings. The Hall–Kier alpha value is -5.06. The summed E-state index contributed by atoms with van der Waals surface area (Å²) in [6.07, 6.45) is 6.49. The highest BCUT2D eigenvalue weighted by molar-refractivity contribution is 5.92. The van der Waals surface area contributed by atoms with Crippen LogP contribution in [-0.4, -0.2) is 59.4 Å². The molecule has 4 aromatic rings. The number of benzene rings is 2. The van der Waals surface area contributed by atoms with Crippen molar-refractivity contribution >= 4 is 29.0 Å². The fourth-order valence-corrected chi connectivity index (χ4v) is 5.14. The average Bonchev–Trinajstić information content (AvgIpc) is 3.63. The largest absolute Gasteiger partial charge is 0.497 e. The van der Waals surface area contributed by atoms with Crippen molar-refractivity contribution in [1.29, 1.82) is 0 Å². The topological polar surface area (TPSA) is 125 Å². The summed E-state index contributed by atoms with van der Waals surface area (Å²) in [6.45, 7) is 5.95. The summed E-state index contributed by atoms with van der Waals surface area (Å²) in [5.41, 5.74) is 4.05. The van der Waals surface area contributed by atoms with Gasteiger partial charge in [-0.1, -0.05) is 18.2 Å². The fourth-order valence-electron chi connectivity index (χ4n) is 5.14. The number of carbonyl (C=O) groups is 2. The SMILES string of the molecule is COC(=O)c1ccc(-c2nc(C3=CCC(NC(=O)OC(C)(C)C)C3)n3ccnc(NCc4ccc(OC)cc4OC)c23)cc1. The maximum Gasteiger partial charge on any atom is 0.407 e. The third-order valence-corrected chi connectivity index (χ3v) is 7.20. The number of esters is 1. The van der Waals surface area contributed by atoms with E-state index in [2.05, 4.69) is 21.7 Å². The van der Waals surface area contributed by atoms with Gasteiger partial charge in [0.1, 0.15) is 34.1 Å². The second kappa shape index (κ2) is 12.7. The van der Waals surface area contributed by atoms with E-state index in [1.54, 1.807) is 32.5 Å². The predicted molar refractivity (Wildman–Crippen MR) is 167 cm³/mol. The quantitative estimate of drug-likeness (QED) is 0.227. The summed E-state index contributed by atoms with van der Waals surface area (Å²) < 4.78 is 23.3. The highest BCUT2D eigenvalue weighted by atomic mass is 16.6. The number of fused-ring (bicyclic) bond motifs is 1. The van der Waals surface area contributed by atoms with Crippen LogP contribution in [0.2, 0.25) is 0 Å². The standard InChI is InChI=1S/C33H37N5O6/c1-33(2,3)44-32(40)36-24-13-11-22(17-24)30-37-27(20-7-9-21(10-8-20)31(39)43-6)28-29(34-15-16-38(28)30)35-19-23-12-14-25(41-4)18-26(23)42-5/h7-12,14-16,18,24H,13,17,19H2,1-6H3,(H,34,35)(H,36,40). The fraction of sp³-hybridized carbons (Fsp3) is 0.333. The van der Waals surface area contributed by atoms with Gasteiger partial charge in [0.15, 0.2) is 5.82 Å². The molecule has 0 spiro atoms. The van der Waals surface area contributed by atoms with E-state index in [-0.39, 0.29) is 6.04 Å². The molecule has 230 valence electrons. The number of anilines is 1. The molecule has 11 nitrogen and oxygen atoms in total. The maximum absolute atomic E-state index is 12.4. The minimum absolute atomic E-state index is 0.114. The number of alkyl carbamates (subject to hydrolysis) is 1. The van der Waals surface area contributed by atoms with Crippen molar-refractivity contribution in [2.24, 2.45) is 0 Å². The maximum atomic E-state index is 12.4. The second-order valence-corrected chi connectivity index (χ2v) is 11.4. The van der Waals surface area contributed by atoms with Gasteiger partial charge in [-0.2, -0.15) is 0 Å². The smallest absolute Gasteiger partial charge is 0.407 e. The number of hydrogen-bond acceptors (Lipinski definition) is 9. The Morgan fingerprint density at radius 3 is 2.50 bits per heavy atom. The van der Waals surface area contributed by atoms with Gasteiger partial charge in [-0.05, 0) is 63.5 Å². The number of nitrogens with zero attached hydrogens (tertiary/aromatic N) is 3. The summed E-state index contributed by atoms with van der Waals surface area (Å²) in [5.74, 6) is 2.35. The number of aromatic nitrogens is 3. The molecule has 1 atom stereocenters. The van der Waals surface area contributed by atoms with Crippen molar-refractivity contribution in [3.63, 3.8) is 0 Å². The molecule has 2 aromatic carbocycles. The Kier molecular flexibility index (Phi) is 8.75. The lowest BCUT2D eigenvalue weighted by molar-refractivity contribution is 0.0506. The number of nitrogens with one attached hydrogen (secondary N) is 2. The van der Waals surface area contributed by atoms with Crippen LogP contribution in [0, 0.1) is 0 Å². The van der Waals surface area contributed by atoms with Gasteiger partial charge in [-0.25, -0.2) is 19.6 Å². The van der Waals surface area contributed by atoms with E-state index in [9.17, 15) is 9.59 Å². The Morgan fingerprint density at radius 1 is 1.05 bits per heavy atom. The van der Waals surface area contributed by atoms with Gasteiger partial charge < -0.3 is 29.6 Å². The minimum atomic E-state index is -0.581. The van der Waals surface area contributed by atoms with E-state index >= 15 is 0 Å². The Morgan fingerprint density at radius 2 is 1.82 bits per heavy atom. The van der Waals surface area contributed by atoms with Crippen LogP contribution in [0.5, 0.6) is 11.5 Å². The molecule has 0 radical (unpaired) electrons. The van der Waals surface area contributed by atoms with Crippen molar-refractivity contribution in [2.75, 3.05) is 26.6 Å². The normalized spacial score (nSPS) is 14.6. The zero-order valence-electron chi connectivity index (χ0n) is 25.8. The van der Waals surface area contributed by atoms with E-state index in [0.717, 1.165) is 28.0 Å². The van der Waals surface area contributed by atoms with E-state index in [1.807, 2.05) is 61.7 Å². The Bertz CT molecular complexity index is 1700. The molecule has 11 heteroatoms. The van der Waals surface area contributed by atoms with Crippen LogP contribution >= 0.6 is 0 Å². The van der Waals surface area contributed by atoms with Gasteiger partial charge in [0.25, 0.3) is 0 Å². The molecule has 1 unspecified atom stereocenters. The molecule has 0 aliphatic heterocycles. The van der Waals surface area contributed by atoms with E-state index < -0.39 is 17.7 Å². The van der Waals surface area contributed by atoms with Crippen LogP contribution in [0.4, 0.5) is 10.6 Å². The molecule has 1 aliphatic rings. The average molecular weight is 600 g/mol. The van der Waals surface area contributed by atoms with Gasteiger partial charge in [0, 0.05) is 42.2 Å². The molecular formula is C33H37N5O6. The number of hydrogen-bond donors (Lipinski definition) is 2. The number of ether oxygens (including phenoxy) is 4. The lowest BCUT2D eigenvalue weighted by Crippen LogP contribution is -2.38. The summed E-state index contributed by atoms with van der Waals surface area (Å²) in [4.78, 5) is 34.3. The van der Waals surface area contributed by atoms with Gasteiger partial charge in [-0.15, -0.1) is 0 Å². The first kappa shape index (κ1) is 30.4. The lowest BCUT2D eigenvalue weighted by Gasteiger charge is -2.21. The third-order valence-electron chi connectivity index (χ3n) is 7.20. The van der Waals surface area contributed by atoms with Gasteiger partial charge in [0.05, 0.1) is 26.9 Å². The summed E-state index contributed by atoms with van der Waals surface area (Å²) in [5, 5.41) is 6.44. The molecule has 0 bridgehead atoms. The molecule has 5 rings (SSSR count). The van der Waals surface area contributed by atoms with Crippen molar-refractivity contribution in [2.45, 2.75) is 51.8 Å². The van der Waals surface area contributed by atoms with Gasteiger partial charge in [-0.3, -0.25) is 4.40 Å². The summed E-state index contributed by atoms with van der Waals surface area (Å²) >= 11 is 0.